The number of quaternary nitrogens is 1. The minimum Gasteiger partial charge on any atom is -0.450 e. The minimum absolute atomic E-state index is 0.238. The topological polar surface area (TPSA) is 30.7 Å². The monoisotopic (exact) mass is 324 g/mol. The normalized spacial score (nSPS) is 29.9. The second kappa shape index (κ2) is 6.78. The third-order valence-electron chi connectivity index (χ3n) is 5.42. The van der Waals surface area contributed by atoms with Crippen molar-refractivity contribution in [1.82, 2.24) is 0 Å². The van der Waals surface area contributed by atoms with Crippen molar-refractivity contribution in [2.75, 3.05) is 13.6 Å². The Hall–Kier alpha value is -2.13. The SMILES string of the molecule is C[C@@H]1C[C@](OC(=O)c2ccccc2)(c2ccccc2)[C@H](C)C[NH+]1C. The number of nitrogens with one attached hydrogen (secondary N) is 1. The molecular formula is C21H26NO2+. The molecule has 0 bridgehead atoms. The summed E-state index contributed by atoms with van der Waals surface area (Å²) in [7, 11) is 2.22. The van der Waals surface area contributed by atoms with Crippen LogP contribution in [-0.4, -0.2) is 25.6 Å². The first-order valence-corrected chi connectivity index (χ1v) is 8.69. The molecule has 3 heteroatoms. The molecule has 1 heterocycles. The Morgan fingerprint density at radius 2 is 1.62 bits per heavy atom. The van der Waals surface area contributed by atoms with Crippen LogP contribution in [0.5, 0.6) is 0 Å². The second-order valence-corrected chi connectivity index (χ2v) is 7.07. The summed E-state index contributed by atoms with van der Waals surface area (Å²) in [6, 6.07) is 19.9. The first-order valence-electron chi connectivity index (χ1n) is 8.69. The Morgan fingerprint density at radius 1 is 1.04 bits per heavy atom. The van der Waals surface area contributed by atoms with Gasteiger partial charge in [-0.15, -0.1) is 0 Å². The number of piperidine rings is 1. The molecule has 0 amide bonds. The molecule has 3 rings (SSSR count). The summed E-state index contributed by atoms with van der Waals surface area (Å²) in [4.78, 5) is 14.3. The van der Waals surface area contributed by atoms with Crippen molar-refractivity contribution in [1.29, 1.82) is 0 Å². The molecule has 126 valence electrons. The van der Waals surface area contributed by atoms with Crippen molar-refractivity contribution >= 4 is 5.97 Å². The van der Waals surface area contributed by atoms with Crippen molar-refractivity contribution in [2.24, 2.45) is 5.92 Å². The molecule has 2 aromatic carbocycles. The van der Waals surface area contributed by atoms with E-state index in [0.29, 0.717) is 11.6 Å². The number of hydrogen-bond acceptors (Lipinski definition) is 2. The maximum absolute atomic E-state index is 12.8. The summed E-state index contributed by atoms with van der Waals surface area (Å²) in [6.07, 6.45) is 0.836. The Balaban J connectivity index is 1.98. The first-order chi connectivity index (χ1) is 11.5. The number of hydrogen-bond donors (Lipinski definition) is 1. The van der Waals surface area contributed by atoms with E-state index in [0.717, 1.165) is 18.5 Å². The molecule has 1 N–H and O–H groups in total. The molecule has 1 aliphatic rings. The predicted octanol–water partition coefficient (Wildman–Crippen LogP) is 2.68. The Morgan fingerprint density at radius 3 is 2.25 bits per heavy atom. The van der Waals surface area contributed by atoms with Crippen molar-refractivity contribution in [3.63, 3.8) is 0 Å². The largest absolute Gasteiger partial charge is 0.450 e. The first kappa shape index (κ1) is 16.7. The van der Waals surface area contributed by atoms with Crippen LogP contribution in [-0.2, 0) is 10.3 Å². The molecule has 0 radical (unpaired) electrons. The summed E-state index contributed by atoms with van der Waals surface area (Å²) in [5.41, 5.74) is 1.15. The average Bonchev–Trinajstić information content (AvgIpc) is 2.61. The average molecular weight is 324 g/mol. The molecule has 2 aromatic rings. The molecule has 4 atom stereocenters. The second-order valence-electron chi connectivity index (χ2n) is 7.07. The minimum atomic E-state index is -0.562. The van der Waals surface area contributed by atoms with Gasteiger partial charge >= 0.3 is 5.97 Å². The highest BCUT2D eigenvalue weighted by atomic mass is 16.6. The molecular weight excluding hydrogens is 298 g/mol. The van der Waals surface area contributed by atoms with Crippen LogP contribution in [0.25, 0.3) is 0 Å². The predicted molar refractivity (Wildman–Crippen MR) is 95.0 cm³/mol. The molecule has 1 aliphatic heterocycles. The number of carbonyl (C=O) groups is 1. The van der Waals surface area contributed by atoms with Crippen molar-refractivity contribution < 1.29 is 14.4 Å². The van der Waals surface area contributed by atoms with Crippen molar-refractivity contribution in [3.05, 3.63) is 71.8 Å². The Labute approximate surface area is 144 Å². The van der Waals surface area contributed by atoms with Crippen LogP contribution >= 0.6 is 0 Å². The van der Waals surface area contributed by atoms with Gasteiger partial charge in [-0.3, -0.25) is 0 Å². The van der Waals surface area contributed by atoms with Gasteiger partial charge in [0.25, 0.3) is 0 Å². The van der Waals surface area contributed by atoms with Gasteiger partial charge in [0.15, 0.2) is 5.60 Å². The standard InChI is InChI=1S/C21H25NO2/c1-16-15-22(3)17(2)14-21(16,19-12-8-5-9-13-19)24-20(23)18-10-6-4-7-11-18/h4-13,16-17H,14-15H2,1-3H3/p+1/t16-,17-,21-/m1/s1. The molecule has 0 saturated carbocycles. The number of carbonyl (C=O) groups excluding carboxylic acids is 1. The number of likely N-dealkylation sites (tertiary alicyclic amines) is 1. The van der Waals surface area contributed by atoms with Crippen LogP contribution in [0, 0.1) is 5.92 Å². The maximum Gasteiger partial charge on any atom is 0.339 e. The third kappa shape index (κ3) is 3.09. The van der Waals surface area contributed by atoms with Crippen LogP contribution in [0.15, 0.2) is 60.7 Å². The zero-order valence-corrected chi connectivity index (χ0v) is 14.7. The van der Waals surface area contributed by atoms with Gasteiger partial charge in [-0.1, -0.05) is 55.5 Å². The van der Waals surface area contributed by atoms with Crippen LogP contribution in [0.4, 0.5) is 0 Å². The van der Waals surface area contributed by atoms with Crippen molar-refractivity contribution in [2.45, 2.75) is 31.9 Å². The van der Waals surface area contributed by atoms with E-state index < -0.39 is 5.60 Å². The smallest absolute Gasteiger partial charge is 0.339 e. The summed E-state index contributed by atoms with van der Waals surface area (Å²) < 4.78 is 6.23. The molecule has 24 heavy (non-hydrogen) atoms. The molecule has 1 fully saturated rings. The van der Waals surface area contributed by atoms with E-state index >= 15 is 0 Å². The fraction of sp³-hybridized carbons (Fsp3) is 0.381. The van der Waals surface area contributed by atoms with Gasteiger partial charge < -0.3 is 9.64 Å². The Kier molecular flexibility index (Phi) is 4.72. The highest BCUT2D eigenvalue weighted by Crippen LogP contribution is 2.40. The Bertz CT molecular complexity index is 685. The molecule has 0 spiro atoms. The van der Waals surface area contributed by atoms with Crippen LogP contribution in [0.3, 0.4) is 0 Å². The molecule has 0 aliphatic carbocycles. The number of esters is 1. The van der Waals surface area contributed by atoms with Gasteiger partial charge in [0, 0.05) is 12.3 Å². The van der Waals surface area contributed by atoms with E-state index in [-0.39, 0.29) is 11.9 Å². The fourth-order valence-corrected chi connectivity index (χ4v) is 3.80. The van der Waals surface area contributed by atoms with E-state index in [1.165, 1.54) is 4.90 Å². The van der Waals surface area contributed by atoms with Gasteiger partial charge in [0.2, 0.25) is 0 Å². The molecule has 0 aromatic heterocycles. The molecule has 3 nitrogen and oxygen atoms in total. The summed E-state index contributed by atoms with van der Waals surface area (Å²) in [6.45, 7) is 5.41. The molecule has 1 saturated heterocycles. The molecule has 1 unspecified atom stereocenters. The highest BCUT2D eigenvalue weighted by Gasteiger charge is 2.49. The van der Waals surface area contributed by atoms with Crippen LogP contribution in [0.1, 0.15) is 36.2 Å². The lowest BCUT2D eigenvalue weighted by atomic mass is 9.74. The number of benzene rings is 2. The lowest BCUT2D eigenvalue weighted by Gasteiger charge is -2.46. The summed E-state index contributed by atoms with van der Waals surface area (Å²) >= 11 is 0. The van der Waals surface area contributed by atoms with Gasteiger partial charge in [-0.25, -0.2) is 4.79 Å². The van der Waals surface area contributed by atoms with Crippen molar-refractivity contribution in [3.8, 4) is 0 Å². The van der Waals surface area contributed by atoms with Gasteiger partial charge in [0.1, 0.15) is 0 Å². The number of ether oxygens (including phenoxy) is 1. The number of rotatable bonds is 3. The maximum atomic E-state index is 12.8. The summed E-state index contributed by atoms with van der Waals surface area (Å²) in [5, 5.41) is 0. The van der Waals surface area contributed by atoms with Gasteiger partial charge in [0.05, 0.1) is 25.2 Å². The third-order valence-corrected chi connectivity index (χ3v) is 5.42. The lowest BCUT2D eigenvalue weighted by Crippen LogP contribution is -3.15. The van der Waals surface area contributed by atoms with Gasteiger partial charge in [-0.2, -0.15) is 0 Å². The summed E-state index contributed by atoms with van der Waals surface area (Å²) in [5.74, 6) is 0.0156. The zero-order valence-electron chi connectivity index (χ0n) is 14.7. The highest BCUT2D eigenvalue weighted by molar-refractivity contribution is 5.89. The van der Waals surface area contributed by atoms with Crippen LogP contribution in [0.2, 0.25) is 0 Å². The lowest BCUT2D eigenvalue weighted by molar-refractivity contribution is -0.916. The van der Waals surface area contributed by atoms with E-state index in [1.54, 1.807) is 0 Å². The zero-order chi connectivity index (χ0) is 17.2. The fourth-order valence-electron chi connectivity index (χ4n) is 3.80. The van der Waals surface area contributed by atoms with Gasteiger partial charge in [-0.05, 0) is 24.6 Å². The van der Waals surface area contributed by atoms with Crippen LogP contribution < -0.4 is 4.90 Å². The van der Waals surface area contributed by atoms with E-state index in [4.69, 9.17) is 4.74 Å². The quantitative estimate of drug-likeness (QED) is 0.880. The van der Waals surface area contributed by atoms with E-state index in [2.05, 4.69) is 33.0 Å². The van der Waals surface area contributed by atoms with E-state index in [1.807, 2.05) is 48.5 Å². The van der Waals surface area contributed by atoms with E-state index in [9.17, 15) is 4.79 Å².